The summed E-state index contributed by atoms with van der Waals surface area (Å²) >= 11 is 0. The molecule has 0 unspecified atom stereocenters. The molecule has 0 bridgehead atoms. The molecular formula is C44H50N4O15S2. The van der Waals surface area contributed by atoms with Crippen molar-refractivity contribution in [1.82, 2.24) is 4.90 Å². The van der Waals surface area contributed by atoms with Crippen LogP contribution < -0.4 is 35.3 Å². The van der Waals surface area contributed by atoms with Gasteiger partial charge in [0.15, 0.2) is 23.0 Å². The van der Waals surface area contributed by atoms with E-state index in [9.17, 15) is 45.6 Å². The number of carbonyl (C=O) groups excluding carboxylic acids is 6. The maximum Gasteiger partial charge on any atom is 0.349 e. The van der Waals surface area contributed by atoms with E-state index in [2.05, 4.69) is 15.4 Å². The Morgan fingerprint density at radius 2 is 1.12 bits per heavy atom. The van der Waals surface area contributed by atoms with Crippen LogP contribution in [0.1, 0.15) is 92.3 Å². The molecule has 2 aliphatic rings. The van der Waals surface area contributed by atoms with Crippen LogP contribution in [-0.2, 0) is 34.0 Å². The van der Waals surface area contributed by atoms with Crippen molar-refractivity contribution in [1.29, 1.82) is 0 Å². The van der Waals surface area contributed by atoms with Gasteiger partial charge in [-0.3, -0.25) is 24.1 Å². The zero-order valence-corrected chi connectivity index (χ0v) is 38.5. The molecule has 6 rings (SSSR count). The lowest BCUT2D eigenvalue weighted by atomic mass is 10.1. The van der Waals surface area contributed by atoms with E-state index in [0.717, 1.165) is 11.2 Å². The molecular weight excluding hydrogens is 893 g/mol. The third-order valence-electron chi connectivity index (χ3n) is 9.28. The number of anilines is 2. The number of hydrogen-bond acceptors (Lipinski definition) is 16. The molecule has 0 saturated heterocycles. The topological polar surface area (TPSA) is 270 Å². The van der Waals surface area contributed by atoms with Crippen LogP contribution in [0.4, 0.5) is 11.4 Å². The van der Waals surface area contributed by atoms with Gasteiger partial charge in [-0.1, -0.05) is 24.3 Å². The molecule has 348 valence electrons. The molecule has 4 aromatic carbocycles. The quantitative estimate of drug-likeness (QED) is 0.0639. The molecule has 19 nitrogen and oxygen atoms in total. The lowest BCUT2D eigenvalue weighted by molar-refractivity contribution is -0.115. The standard InChI is InChI=1S/C22H24N2O7S.C12H19NO4S.C10H7NO4/c1-5-31-19-11-14(9-10-18(19)30-3)17(12-32(4,28)29)24-21(26)15-7-6-8-16(23-13(2)25)20(15)22(24)27;1-4-17-12-7-9(5-6-11(12)16-2)10(13)8-18(3,14)15;1-5(12)11-7-4-2-3-6-8(7)10(14)15-9(6)13/h6-11,17H,5,12H2,1-4H3,(H,23,25);5-7,10H,4,8,13H2,1-3H3;2-4H,1H3,(H,11,12)/t17-;10-;/m11./s1/i23+1,24+1;13+1;11+1. The lowest BCUT2D eigenvalue weighted by Crippen LogP contribution is -2.37. The van der Waals surface area contributed by atoms with E-state index in [4.69, 9.17) is 24.7 Å². The number of amides is 4. The highest BCUT2D eigenvalue weighted by Crippen LogP contribution is 2.39. The summed E-state index contributed by atoms with van der Waals surface area (Å²) in [6.07, 6.45) is 2.20. The number of fused-ring (bicyclic) bond motifs is 2. The molecule has 0 saturated carbocycles. The number of ether oxygens (including phenoxy) is 5. The van der Waals surface area contributed by atoms with Gasteiger partial charge in [0, 0.05) is 32.4 Å². The summed E-state index contributed by atoms with van der Waals surface area (Å²) in [6.45, 7) is 7.10. The highest BCUT2D eigenvalue weighted by atomic mass is 32.2. The maximum atomic E-state index is 13.3. The second kappa shape index (κ2) is 21.7. The number of benzene rings is 4. The summed E-state index contributed by atoms with van der Waals surface area (Å²) in [5, 5.41) is 5.02. The first-order chi connectivity index (χ1) is 30.5. The van der Waals surface area contributed by atoms with Crippen molar-refractivity contribution in [2.75, 3.05) is 62.1 Å². The number of nitrogens with two attached hydrogens (primary N) is 1. The molecule has 2 aliphatic heterocycles. The first-order valence-corrected chi connectivity index (χ1v) is 23.8. The van der Waals surface area contributed by atoms with E-state index in [1.807, 2.05) is 6.92 Å². The molecule has 0 fully saturated rings. The Morgan fingerprint density at radius 1 is 0.646 bits per heavy atom. The van der Waals surface area contributed by atoms with Crippen LogP contribution in [-0.4, -0.2) is 109 Å². The summed E-state index contributed by atoms with van der Waals surface area (Å²) in [6, 6.07) is 17.4. The molecule has 4 amide bonds. The summed E-state index contributed by atoms with van der Waals surface area (Å²) in [7, 11) is -3.69. The number of esters is 2. The van der Waals surface area contributed by atoms with E-state index in [-0.39, 0.29) is 39.6 Å². The number of nitrogens with zero attached hydrogens (tertiary/aromatic N) is 1. The monoisotopic (exact) mass is 942 g/mol. The van der Waals surface area contributed by atoms with Gasteiger partial charge in [-0.2, -0.15) is 0 Å². The minimum atomic E-state index is -3.60. The summed E-state index contributed by atoms with van der Waals surface area (Å²) < 4.78 is 72.8. The van der Waals surface area contributed by atoms with Gasteiger partial charge in [0.1, 0.15) is 19.7 Å². The van der Waals surface area contributed by atoms with Gasteiger partial charge < -0.3 is 40.1 Å². The molecule has 0 spiro atoms. The molecule has 0 aromatic heterocycles. The predicted molar refractivity (Wildman–Crippen MR) is 239 cm³/mol. The SMILES string of the molecule is CC(=O)[15NH]c1cccc2c1C(=O)OC2=O.CCOc1cc([C@@H](CS(C)(=O)=O)[15N]2C(=O)c3cccc([15NH]C(C)=O)c3C2=O)ccc1OC.CCOc1cc([C@H]([15NH2])CS(C)(=O)=O)ccc1OC. The highest BCUT2D eigenvalue weighted by molar-refractivity contribution is 7.90. The zero-order chi connectivity index (χ0) is 48.4. The minimum Gasteiger partial charge on any atom is -0.493 e. The van der Waals surface area contributed by atoms with Gasteiger partial charge in [-0.15, -0.1) is 0 Å². The predicted octanol–water partition coefficient (Wildman–Crippen LogP) is 4.53. The maximum absolute atomic E-state index is 13.3. The second-order valence-electron chi connectivity index (χ2n) is 14.5. The fraction of sp³-hybridized carbons (Fsp3) is 0.318. The summed E-state index contributed by atoms with van der Waals surface area (Å²) in [4.78, 5) is 72.3. The van der Waals surface area contributed by atoms with Crippen molar-refractivity contribution in [3.63, 3.8) is 0 Å². The fourth-order valence-corrected chi connectivity index (χ4v) is 8.46. The molecule has 21 heteroatoms. The van der Waals surface area contributed by atoms with Gasteiger partial charge in [0.25, 0.3) is 11.8 Å². The Labute approximate surface area is 376 Å². The normalized spacial score (nSPS) is 13.7. The van der Waals surface area contributed by atoms with Gasteiger partial charge in [-0.05, 0) is 73.5 Å². The van der Waals surface area contributed by atoms with Crippen LogP contribution in [0.25, 0.3) is 0 Å². The van der Waals surface area contributed by atoms with Crippen molar-refractivity contribution in [3.8, 4) is 23.0 Å². The average molecular weight is 943 g/mol. The summed E-state index contributed by atoms with van der Waals surface area (Å²) in [5.74, 6) is -2.04. The molecule has 65 heavy (non-hydrogen) atoms. The van der Waals surface area contributed by atoms with Gasteiger partial charge in [-0.25, -0.2) is 26.4 Å². The number of imide groups is 1. The Balaban J connectivity index is 0.000000236. The number of sulfone groups is 2. The molecule has 0 aliphatic carbocycles. The third-order valence-corrected chi connectivity index (χ3v) is 11.2. The first kappa shape index (κ1) is 50.8. The van der Waals surface area contributed by atoms with Crippen molar-refractivity contribution >= 4 is 66.6 Å². The van der Waals surface area contributed by atoms with Gasteiger partial charge >= 0.3 is 11.9 Å². The third kappa shape index (κ3) is 13.1. The van der Waals surface area contributed by atoms with E-state index in [1.54, 1.807) is 68.6 Å². The Bertz CT molecular complexity index is 2720. The number of rotatable bonds is 15. The van der Waals surface area contributed by atoms with Crippen molar-refractivity contribution in [2.24, 2.45) is 5.73 Å². The fourth-order valence-electron chi connectivity index (χ4n) is 6.70. The van der Waals surface area contributed by atoms with Crippen LogP contribution in [0, 0.1) is 0 Å². The molecule has 0 radical (unpaired) electrons. The van der Waals surface area contributed by atoms with Gasteiger partial charge in [0.05, 0.1) is 78.6 Å². The molecule has 4 N–H and O–H groups in total. The largest absolute Gasteiger partial charge is 0.493 e. The van der Waals surface area contributed by atoms with Crippen LogP contribution in [0.2, 0.25) is 0 Å². The number of nitrogens with one attached hydrogen (secondary N) is 2. The van der Waals surface area contributed by atoms with Crippen LogP contribution in [0.3, 0.4) is 0 Å². The summed E-state index contributed by atoms with van der Waals surface area (Å²) in [5.41, 5.74) is 7.91. The lowest BCUT2D eigenvalue weighted by Gasteiger charge is -2.27. The van der Waals surface area contributed by atoms with Crippen molar-refractivity contribution < 1.29 is 69.3 Å². The highest BCUT2D eigenvalue weighted by Gasteiger charge is 2.43. The van der Waals surface area contributed by atoms with Gasteiger partial charge in [0.2, 0.25) is 11.8 Å². The van der Waals surface area contributed by atoms with Crippen molar-refractivity contribution in [2.45, 2.75) is 39.8 Å². The number of carbonyl (C=O) groups is 6. The van der Waals surface area contributed by atoms with Crippen LogP contribution >= 0.6 is 0 Å². The smallest absolute Gasteiger partial charge is 0.349 e. The number of cyclic esters (lactones) is 2. The Kier molecular flexibility index (Phi) is 17.0. The zero-order valence-electron chi connectivity index (χ0n) is 36.9. The second-order valence-corrected chi connectivity index (χ2v) is 18.8. The Hall–Kier alpha value is -6.84. The van der Waals surface area contributed by atoms with E-state index >= 15 is 0 Å². The van der Waals surface area contributed by atoms with Crippen LogP contribution in [0.15, 0.2) is 72.8 Å². The Morgan fingerprint density at radius 3 is 1.60 bits per heavy atom. The van der Waals surface area contributed by atoms with E-state index < -0.39 is 67.2 Å². The van der Waals surface area contributed by atoms with Crippen molar-refractivity contribution in [3.05, 3.63) is 106 Å². The van der Waals surface area contributed by atoms with Crippen LogP contribution in [0.5, 0.6) is 23.0 Å². The number of methoxy groups -OCH3 is 2. The average Bonchev–Trinajstić information content (AvgIpc) is 3.66. The van der Waals surface area contributed by atoms with E-state index in [0.29, 0.717) is 53.0 Å². The molecule has 2 atom stereocenters. The van der Waals surface area contributed by atoms with E-state index in [1.165, 1.54) is 45.4 Å². The minimum absolute atomic E-state index is 0.0322. The number of hydrogen-bond donors (Lipinski definition) is 3. The molecule has 2 heterocycles. The first-order valence-electron chi connectivity index (χ1n) is 19.7. The molecule has 4 aromatic rings.